The maximum atomic E-state index is 3.89. The van der Waals surface area contributed by atoms with Crippen LogP contribution in [0.5, 0.6) is 0 Å². The van der Waals surface area contributed by atoms with Crippen molar-refractivity contribution < 1.29 is 0 Å². The lowest BCUT2D eigenvalue weighted by Crippen LogP contribution is -1.80. The lowest BCUT2D eigenvalue weighted by atomic mass is 9.97. The van der Waals surface area contributed by atoms with Gasteiger partial charge < -0.3 is 4.98 Å². The summed E-state index contributed by atoms with van der Waals surface area (Å²) in [4.78, 5) is 3.61. The third-order valence-electron chi connectivity index (χ3n) is 5.54. The molecule has 0 unspecified atom stereocenters. The molecule has 0 bridgehead atoms. The first kappa shape index (κ1) is 17.1. The molecule has 0 radical (unpaired) electrons. The molecule has 7 rings (SSSR count). The molecular formula is C26H17N3S. The van der Waals surface area contributed by atoms with Crippen LogP contribution in [-0.2, 0) is 0 Å². The van der Waals surface area contributed by atoms with E-state index in [1.54, 1.807) is 0 Å². The smallest absolute Gasteiger partial charge is 0.105 e. The minimum absolute atomic E-state index is 0.988. The monoisotopic (exact) mass is 403 g/mol. The number of hydrogen-bond acceptors (Lipinski definition) is 3. The zero-order chi connectivity index (χ0) is 19.9. The van der Waals surface area contributed by atoms with E-state index in [0.29, 0.717) is 0 Å². The Hall–Kier alpha value is -3.76. The van der Waals surface area contributed by atoms with E-state index in [2.05, 4.69) is 87.4 Å². The fourth-order valence-corrected chi connectivity index (χ4v) is 4.78. The van der Waals surface area contributed by atoms with Crippen LogP contribution in [0, 0.1) is 0 Å². The number of nitrogens with one attached hydrogen (secondary N) is 1. The second kappa shape index (κ2) is 6.94. The summed E-state index contributed by atoms with van der Waals surface area (Å²) in [7, 11) is 0. The van der Waals surface area contributed by atoms with E-state index in [4.69, 9.17) is 0 Å². The summed E-state index contributed by atoms with van der Waals surface area (Å²) in [5.74, 6) is 0. The van der Waals surface area contributed by atoms with Crippen molar-refractivity contribution in [3.8, 4) is 0 Å². The molecule has 3 nitrogen and oxygen atoms in total. The molecule has 0 aliphatic heterocycles. The lowest BCUT2D eigenvalue weighted by molar-refractivity contribution is 1.20. The highest BCUT2D eigenvalue weighted by Crippen LogP contribution is 2.38. The maximum Gasteiger partial charge on any atom is 0.105 e. The van der Waals surface area contributed by atoms with E-state index in [9.17, 15) is 0 Å². The van der Waals surface area contributed by atoms with Crippen LogP contribution in [0.25, 0.3) is 53.6 Å². The topological polar surface area (TPSA) is 41.6 Å². The largest absolute Gasteiger partial charge is 0.354 e. The van der Waals surface area contributed by atoms with Gasteiger partial charge in [-0.3, -0.25) is 0 Å². The molecule has 5 aromatic carbocycles. The van der Waals surface area contributed by atoms with Crippen LogP contribution in [0.1, 0.15) is 0 Å². The Morgan fingerprint density at radius 3 is 1.97 bits per heavy atom. The Bertz CT molecular complexity index is 1630. The SMILES string of the molecule is c1ccc2c(c1)[nH]c1c3ccccc3c3ccccc3c21.c1ccc2snnc2c1. The van der Waals surface area contributed by atoms with E-state index in [1.807, 2.05) is 24.3 Å². The number of fused-ring (bicyclic) bond motifs is 9. The molecule has 30 heavy (non-hydrogen) atoms. The van der Waals surface area contributed by atoms with Gasteiger partial charge >= 0.3 is 0 Å². The highest BCUT2D eigenvalue weighted by molar-refractivity contribution is 7.12. The zero-order valence-corrected chi connectivity index (χ0v) is 16.9. The van der Waals surface area contributed by atoms with Gasteiger partial charge in [-0.25, -0.2) is 0 Å². The van der Waals surface area contributed by atoms with Gasteiger partial charge in [-0.15, -0.1) is 5.10 Å². The van der Waals surface area contributed by atoms with Gasteiger partial charge in [0.1, 0.15) is 5.52 Å². The van der Waals surface area contributed by atoms with Crippen LogP contribution in [0.2, 0.25) is 0 Å². The fraction of sp³-hybridized carbons (Fsp3) is 0. The molecule has 0 saturated carbocycles. The van der Waals surface area contributed by atoms with E-state index in [0.717, 1.165) is 10.2 Å². The van der Waals surface area contributed by atoms with Gasteiger partial charge in [0.05, 0.1) is 10.2 Å². The molecule has 0 saturated heterocycles. The van der Waals surface area contributed by atoms with E-state index >= 15 is 0 Å². The second-order valence-electron chi connectivity index (χ2n) is 7.25. The van der Waals surface area contributed by atoms with Crippen molar-refractivity contribution in [3.05, 3.63) is 97.1 Å². The Labute approximate surface area is 176 Å². The van der Waals surface area contributed by atoms with Crippen molar-refractivity contribution in [2.45, 2.75) is 0 Å². The van der Waals surface area contributed by atoms with Crippen LogP contribution < -0.4 is 0 Å². The number of benzene rings is 5. The van der Waals surface area contributed by atoms with Crippen molar-refractivity contribution >= 4 is 65.1 Å². The average Bonchev–Trinajstić information content (AvgIpc) is 3.45. The summed E-state index contributed by atoms with van der Waals surface area (Å²) < 4.78 is 4.94. The molecule has 2 aromatic heterocycles. The summed E-state index contributed by atoms with van der Waals surface area (Å²) in [5.41, 5.74) is 3.43. The Morgan fingerprint density at radius 1 is 0.567 bits per heavy atom. The van der Waals surface area contributed by atoms with Crippen molar-refractivity contribution in [1.82, 2.24) is 14.6 Å². The van der Waals surface area contributed by atoms with Gasteiger partial charge in [-0.2, -0.15) is 0 Å². The van der Waals surface area contributed by atoms with Crippen LogP contribution in [0.3, 0.4) is 0 Å². The Morgan fingerprint density at radius 2 is 1.17 bits per heavy atom. The summed E-state index contributed by atoms with van der Waals surface area (Å²) in [6.45, 7) is 0. The first-order valence-electron chi connectivity index (χ1n) is 9.87. The fourth-order valence-electron chi connectivity index (χ4n) is 4.22. The van der Waals surface area contributed by atoms with Gasteiger partial charge in [0.15, 0.2) is 0 Å². The standard InChI is InChI=1S/C20H13N.C6H4N2S/c1-3-9-15-13(7-1)14-8-2-4-10-16(14)20-19(15)17-11-5-6-12-18(17)21-20;1-2-4-6-5(3-1)7-8-9-6/h1-12,21H;1-4H. The van der Waals surface area contributed by atoms with Gasteiger partial charge in [0.2, 0.25) is 0 Å². The van der Waals surface area contributed by atoms with E-state index < -0.39 is 0 Å². The van der Waals surface area contributed by atoms with E-state index in [1.165, 1.54) is 54.9 Å². The molecule has 4 heteroatoms. The molecule has 0 aliphatic carbocycles. The Kier molecular flexibility index (Phi) is 3.96. The molecule has 0 fully saturated rings. The van der Waals surface area contributed by atoms with Gasteiger partial charge in [0, 0.05) is 21.7 Å². The maximum absolute atomic E-state index is 3.89. The average molecular weight is 404 g/mol. The van der Waals surface area contributed by atoms with Crippen molar-refractivity contribution in [2.24, 2.45) is 0 Å². The predicted octanol–water partition coefficient (Wildman–Crippen LogP) is 7.32. The van der Waals surface area contributed by atoms with Gasteiger partial charge in [0.25, 0.3) is 0 Å². The highest BCUT2D eigenvalue weighted by atomic mass is 32.1. The number of aromatic amines is 1. The highest BCUT2D eigenvalue weighted by Gasteiger charge is 2.12. The quantitative estimate of drug-likeness (QED) is 0.270. The number of hydrogen-bond donors (Lipinski definition) is 1. The molecule has 0 atom stereocenters. The first-order chi connectivity index (χ1) is 14.9. The molecular weight excluding hydrogens is 386 g/mol. The molecule has 142 valence electrons. The number of H-pyrrole nitrogens is 1. The molecule has 0 amide bonds. The Balaban J connectivity index is 0.000000163. The minimum Gasteiger partial charge on any atom is -0.354 e. The van der Waals surface area contributed by atoms with E-state index in [-0.39, 0.29) is 0 Å². The van der Waals surface area contributed by atoms with Crippen molar-refractivity contribution in [3.63, 3.8) is 0 Å². The zero-order valence-electron chi connectivity index (χ0n) is 16.0. The summed E-state index contributed by atoms with van der Waals surface area (Å²) in [6, 6.07) is 33.8. The first-order valence-corrected chi connectivity index (χ1v) is 10.6. The molecule has 0 spiro atoms. The van der Waals surface area contributed by atoms with Crippen molar-refractivity contribution in [1.29, 1.82) is 0 Å². The number of aromatic nitrogens is 3. The third kappa shape index (κ3) is 2.65. The summed E-state index contributed by atoms with van der Waals surface area (Å²) in [6.07, 6.45) is 0. The molecule has 1 N–H and O–H groups in total. The molecule has 7 aromatic rings. The van der Waals surface area contributed by atoms with Crippen LogP contribution >= 0.6 is 11.5 Å². The molecule has 0 aliphatic rings. The lowest BCUT2D eigenvalue weighted by Gasteiger charge is -2.06. The summed E-state index contributed by atoms with van der Waals surface area (Å²) >= 11 is 1.43. The third-order valence-corrected chi connectivity index (χ3v) is 6.25. The number of nitrogens with zero attached hydrogens (tertiary/aromatic N) is 2. The second-order valence-corrected chi connectivity index (χ2v) is 8.04. The van der Waals surface area contributed by atoms with Crippen LogP contribution in [-0.4, -0.2) is 14.6 Å². The predicted molar refractivity (Wildman–Crippen MR) is 128 cm³/mol. The summed E-state index contributed by atoms with van der Waals surface area (Å²) in [5, 5.41) is 11.8. The normalized spacial score (nSPS) is 11.3. The van der Waals surface area contributed by atoms with Gasteiger partial charge in [-0.05, 0) is 45.9 Å². The van der Waals surface area contributed by atoms with Crippen molar-refractivity contribution in [2.75, 3.05) is 0 Å². The minimum atomic E-state index is 0.988. The molecule has 2 heterocycles. The number of para-hydroxylation sites is 1. The number of rotatable bonds is 0. The van der Waals surface area contributed by atoms with Crippen LogP contribution in [0.15, 0.2) is 97.1 Å². The van der Waals surface area contributed by atoms with Crippen LogP contribution in [0.4, 0.5) is 0 Å². The van der Waals surface area contributed by atoms with Gasteiger partial charge in [-0.1, -0.05) is 83.4 Å².